The predicted octanol–water partition coefficient (Wildman–Crippen LogP) is 4.84. The molecule has 0 spiro atoms. The van der Waals surface area contributed by atoms with E-state index in [1.54, 1.807) is 24.3 Å². The molecule has 1 aromatic heterocycles. The van der Waals surface area contributed by atoms with E-state index >= 15 is 0 Å². The van der Waals surface area contributed by atoms with Crippen molar-refractivity contribution in [2.45, 2.75) is 29.4 Å². The van der Waals surface area contributed by atoms with E-state index in [2.05, 4.69) is 6.07 Å². The summed E-state index contributed by atoms with van der Waals surface area (Å²) in [6.07, 6.45) is 1.80. The second kappa shape index (κ2) is 7.47. The lowest BCUT2D eigenvalue weighted by Gasteiger charge is -2.13. The highest BCUT2D eigenvalue weighted by molar-refractivity contribution is 7.90. The van der Waals surface area contributed by atoms with Gasteiger partial charge in [-0.2, -0.15) is 5.26 Å². The number of sulfone groups is 1. The van der Waals surface area contributed by atoms with E-state index in [4.69, 9.17) is 0 Å². The molecule has 1 aliphatic carbocycles. The highest BCUT2D eigenvalue weighted by Gasteiger charge is 2.31. The zero-order chi connectivity index (χ0) is 20.6. The lowest BCUT2D eigenvalue weighted by Crippen LogP contribution is -2.11. The number of rotatable bonds is 6. The Kier molecular flexibility index (Phi) is 4.99. The maximum absolute atomic E-state index is 13.4. The Morgan fingerprint density at radius 2 is 1.97 bits per heavy atom. The average molecular weight is 424 g/mol. The summed E-state index contributed by atoms with van der Waals surface area (Å²) in [6.45, 7) is 0. The van der Waals surface area contributed by atoms with Gasteiger partial charge < -0.3 is 5.11 Å². The third-order valence-corrected chi connectivity index (χ3v) is 7.60. The highest BCUT2D eigenvalue weighted by atomic mass is 32.2. The Labute approximate surface area is 172 Å². The third-order valence-electron chi connectivity index (χ3n) is 4.98. The van der Waals surface area contributed by atoms with Gasteiger partial charge in [-0.15, -0.1) is 11.3 Å². The smallest absolute Gasteiger partial charge is 0.335 e. The van der Waals surface area contributed by atoms with Crippen molar-refractivity contribution in [3.63, 3.8) is 0 Å². The molecular formula is C22H17NO4S2. The Balaban J connectivity index is 1.82. The Bertz CT molecular complexity index is 1230. The molecule has 0 unspecified atom stereocenters. The minimum atomic E-state index is -3.81. The van der Waals surface area contributed by atoms with Gasteiger partial charge in [0.2, 0.25) is 0 Å². The normalized spacial score (nSPS) is 13.8. The first-order valence-corrected chi connectivity index (χ1v) is 11.6. The Morgan fingerprint density at radius 1 is 1.17 bits per heavy atom. The van der Waals surface area contributed by atoms with E-state index in [1.807, 2.05) is 17.5 Å². The second-order valence-corrected chi connectivity index (χ2v) is 9.96. The van der Waals surface area contributed by atoms with Gasteiger partial charge in [0.15, 0.2) is 9.84 Å². The molecule has 7 heteroatoms. The predicted molar refractivity (Wildman–Crippen MR) is 111 cm³/mol. The van der Waals surface area contributed by atoms with Crippen molar-refractivity contribution in [2.75, 3.05) is 0 Å². The molecular weight excluding hydrogens is 406 g/mol. The van der Waals surface area contributed by atoms with Crippen molar-refractivity contribution in [3.05, 3.63) is 76.2 Å². The van der Waals surface area contributed by atoms with Crippen molar-refractivity contribution >= 4 is 27.1 Å². The molecule has 0 atom stereocenters. The van der Waals surface area contributed by atoms with Crippen LogP contribution in [0.2, 0.25) is 0 Å². The summed E-state index contributed by atoms with van der Waals surface area (Å²) in [5.41, 5.74) is 2.33. The van der Waals surface area contributed by atoms with Gasteiger partial charge in [-0.3, -0.25) is 0 Å². The zero-order valence-corrected chi connectivity index (χ0v) is 17.0. The van der Waals surface area contributed by atoms with Gasteiger partial charge in [-0.25, -0.2) is 13.2 Å². The van der Waals surface area contributed by atoms with Crippen LogP contribution >= 0.6 is 11.3 Å². The highest BCUT2D eigenvalue weighted by Crippen LogP contribution is 2.44. The number of carbonyl (C=O) groups is 1. The van der Waals surface area contributed by atoms with E-state index < -0.39 is 15.8 Å². The molecule has 0 radical (unpaired) electrons. The summed E-state index contributed by atoms with van der Waals surface area (Å²) in [7, 11) is -3.81. The number of carboxylic acids is 1. The van der Waals surface area contributed by atoms with Crippen LogP contribution in [0.3, 0.4) is 0 Å². The molecule has 0 bridgehead atoms. The molecule has 146 valence electrons. The van der Waals surface area contributed by atoms with Crippen LogP contribution in [0.5, 0.6) is 0 Å². The van der Waals surface area contributed by atoms with Crippen LogP contribution in [0.1, 0.15) is 45.8 Å². The van der Waals surface area contributed by atoms with Crippen molar-refractivity contribution in [2.24, 2.45) is 0 Å². The van der Waals surface area contributed by atoms with Crippen molar-refractivity contribution in [1.82, 2.24) is 0 Å². The summed E-state index contributed by atoms with van der Waals surface area (Å²) in [4.78, 5) is 12.4. The fraction of sp³-hybridized carbons (Fsp3) is 0.182. The number of carboxylic acid groups (broad SMARTS) is 1. The van der Waals surface area contributed by atoms with Crippen LogP contribution in [0.25, 0.3) is 10.4 Å². The first-order valence-electron chi connectivity index (χ1n) is 9.06. The average Bonchev–Trinajstić information content (AvgIpc) is 3.41. The number of benzene rings is 2. The van der Waals surface area contributed by atoms with Crippen molar-refractivity contribution in [3.8, 4) is 16.5 Å². The summed E-state index contributed by atoms with van der Waals surface area (Å²) in [5.74, 6) is -1.29. The van der Waals surface area contributed by atoms with Gasteiger partial charge in [-0.1, -0.05) is 18.2 Å². The van der Waals surface area contributed by atoms with Crippen LogP contribution in [0.4, 0.5) is 0 Å². The molecule has 0 aliphatic heterocycles. The monoisotopic (exact) mass is 423 g/mol. The maximum atomic E-state index is 13.4. The molecule has 4 rings (SSSR count). The Hall–Kier alpha value is -2.95. The van der Waals surface area contributed by atoms with Gasteiger partial charge in [-0.05, 0) is 71.2 Å². The number of hydrogen-bond donors (Lipinski definition) is 1. The fourth-order valence-corrected chi connectivity index (χ4v) is 5.90. The molecule has 2 aromatic carbocycles. The van der Waals surface area contributed by atoms with Crippen LogP contribution in [-0.4, -0.2) is 19.5 Å². The van der Waals surface area contributed by atoms with Crippen LogP contribution in [-0.2, 0) is 15.6 Å². The first-order chi connectivity index (χ1) is 13.9. The van der Waals surface area contributed by atoms with Crippen LogP contribution in [0, 0.1) is 11.3 Å². The zero-order valence-electron chi connectivity index (χ0n) is 15.3. The standard InChI is InChI=1S/C22H17NO4S2/c23-12-14-3-7-18(20-2-1-9-28-20)17(10-14)13-29(26,27)21-11-16(22(24)25)6-8-19(21)15-4-5-15/h1-3,6-11,15H,4-5,13H2,(H,24,25). The SMILES string of the molecule is N#Cc1ccc(-c2cccs2)c(CS(=O)(=O)c2cc(C(=O)O)ccc2C2CC2)c1. The molecule has 0 amide bonds. The van der Waals surface area contributed by atoms with E-state index in [1.165, 1.54) is 23.5 Å². The van der Waals surface area contributed by atoms with E-state index in [-0.39, 0.29) is 22.1 Å². The lowest BCUT2D eigenvalue weighted by atomic mass is 10.0. The van der Waals surface area contributed by atoms with Gasteiger partial charge in [0.1, 0.15) is 0 Å². The molecule has 1 heterocycles. The summed E-state index contributed by atoms with van der Waals surface area (Å²) < 4.78 is 26.8. The van der Waals surface area contributed by atoms with Gasteiger partial charge >= 0.3 is 5.97 Å². The molecule has 29 heavy (non-hydrogen) atoms. The number of aromatic carboxylic acids is 1. The van der Waals surface area contributed by atoms with Gasteiger partial charge in [0, 0.05) is 4.88 Å². The van der Waals surface area contributed by atoms with Crippen molar-refractivity contribution < 1.29 is 18.3 Å². The first kappa shape index (κ1) is 19.4. The van der Waals surface area contributed by atoms with E-state index in [0.717, 1.165) is 23.3 Å². The maximum Gasteiger partial charge on any atom is 0.335 e. The molecule has 1 aliphatic rings. The van der Waals surface area contributed by atoms with Crippen LogP contribution in [0.15, 0.2) is 58.8 Å². The minimum Gasteiger partial charge on any atom is -0.478 e. The minimum absolute atomic E-state index is 0.0442. The molecule has 1 N–H and O–H groups in total. The number of nitriles is 1. The number of thiophene rings is 1. The van der Waals surface area contributed by atoms with E-state index in [0.29, 0.717) is 16.7 Å². The summed E-state index contributed by atoms with van der Waals surface area (Å²) in [6, 6.07) is 15.2. The summed E-state index contributed by atoms with van der Waals surface area (Å²) in [5, 5.41) is 20.5. The molecule has 0 saturated heterocycles. The lowest BCUT2D eigenvalue weighted by molar-refractivity contribution is 0.0696. The number of hydrogen-bond acceptors (Lipinski definition) is 5. The molecule has 1 fully saturated rings. The van der Waals surface area contributed by atoms with Crippen LogP contribution < -0.4 is 0 Å². The molecule has 1 saturated carbocycles. The summed E-state index contributed by atoms with van der Waals surface area (Å²) >= 11 is 1.49. The Morgan fingerprint density at radius 3 is 2.59 bits per heavy atom. The largest absolute Gasteiger partial charge is 0.478 e. The number of nitrogens with zero attached hydrogens (tertiary/aromatic N) is 1. The second-order valence-electron chi connectivity index (χ2n) is 7.05. The molecule has 3 aromatic rings. The van der Waals surface area contributed by atoms with Gasteiger partial charge in [0.05, 0.1) is 27.8 Å². The fourth-order valence-electron chi connectivity index (χ4n) is 3.41. The quantitative estimate of drug-likeness (QED) is 0.612. The topological polar surface area (TPSA) is 95.2 Å². The third kappa shape index (κ3) is 3.95. The van der Waals surface area contributed by atoms with E-state index in [9.17, 15) is 23.6 Å². The van der Waals surface area contributed by atoms with Crippen molar-refractivity contribution in [1.29, 1.82) is 5.26 Å². The van der Waals surface area contributed by atoms with Gasteiger partial charge in [0.25, 0.3) is 0 Å². The molecule has 5 nitrogen and oxygen atoms in total.